The summed E-state index contributed by atoms with van der Waals surface area (Å²) in [4.78, 5) is 18.0. The van der Waals surface area contributed by atoms with Gasteiger partial charge in [0, 0.05) is 6.61 Å². The van der Waals surface area contributed by atoms with Crippen molar-refractivity contribution < 1.29 is 32.7 Å². The lowest BCUT2D eigenvalue weighted by Gasteiger charge is -2.19. The lowest BCUT2D eigenvalue weighted by Crippen LogP contribution is -2.25. The number of unbranched alkanes of at least 4 members (excludes halogenated alkanes) is 14. The van der Waals surface area contributed by atoms with Gasteiger partial charge in [0.25, 0.3) is 0 Å². The summed E-state index contributed by atoms with van der Waals surface area (Å²) in [5.74, 6) is -0.551. The Morgan fingerprint density at radius 3 is 1.92 bits per heavy atom. The van der Waals surface area contributed by atoms with E-state index in [0.717, 1.165) is 18.9 Å². The average molecular weight is 544 g/mol. The molecule has 0 bridgehead atoms. The van der Waals surface area contributed by atoms with Crippen molar-refractivity contribution in [2.24, 2.45) is 0 Å². The fraction of sp³-hybridized carbons (Fsp3) is 0.750. The van der Waals surface area contributed by atoms with Gasteiger partial charge in [0.1, 0.15) is 11.9 Å². The topological polar surface area (TPSA) is 109 Å². The number of phosphoric acid groups is 1. The van der Waals surface area contributed by atoms with Crippen LogP contribution in [0, 0.1) is 17.1 Å². The molecule has 1 atom stereocenters. The first-order valence-corrected chi connectivity index (χ1v) is 15.5. The van der Waals surface area contributed by atoms with Gasteiger partial charge in [-0.15, -0.1) is 0 Å². The lowest BCUT2D eigenvalue weighted by molar-refractivity contribution is -0.0493. The molecule has 0 spiro atoms. The molecule has 1 aromatic rings. The van der Waals surface area contributed by atoms with E-state index < -0.39 is 19.7 Å². The molecule has 0 unspecified atom stereocenters. The highest BCUT2D eigenvalue weighted by Crippen LogP contribution is 2.36. The zero-order chi connectivity index (χ0) is 27.2. The van der Waals surface area contributed by atoms with Crippen LogP contribution in [0.25, 0.3) is 0 Å². The van der Waals surface area contributed by atoms with Crippen LogP contribution in [-0.4, -0.2) is 35.7 Å². The van der Waals surface area contributed by atoms with Crippen LogP contribution >= 0.6 is 7.82 Å². The van der Waals surface area contributed by atoms with Crippen molar-refractivity contribution in [2.45, 2.75) is 116 Å². The summed E-state index contributed by atoms with van der Waals surface area (Å²) >= 11 is 0. The van der Waals surface area contributed by atoms with E-state index in [-0.39, 0.29) is 25.4 Å². The van der Waals surface area contributed by atoms with E-state index in [1.165, 1.54) is 95.6 Å². The fourth-order valence-electron chi connectivity index (χ4n) is 4.13. The molecule has 0 aliphatic carbocycles. The number of benzene rings is 1. The molecule has 0 saturated carbocycles. The Kier molecular flexibility index (Phi) is 19.7. The maximum Gasteiger partial charge on any atom is 0.469 e. The monoisotopic (exact) mass is 543 g/mol. The van der Waals surface area contributed by atoms with Gasteiger partial charge in [0.2, 0.25) is 0 Å². The molecule has 37 heavy (non-hydrogen) atoms. The zero-order valence-electron chi connectivity index (χ0n) is 22.5. The summed E-state index contributed by atoms with van der Waals surface area (Å²) in [5, 5.41) is 8.97. The molecule has 7 nitrogen and oxygen atoms in total. The molecular weight excluding hydrogens is 496 g/mol. The highest BCUT2D eigenvalue weighted by molar-refractivity contribution is 7.46. The van der Waals surface area contributed by atoms with Gasteiger partial charge in [-0.2, -0.15) is 5.26 Å². The normalized spacial score (nSPS) is 12.5. The highest BCUT2D eigenvalue weighted by Gasteiger charge is 2.19. The summed E-state index contributed by atoms with van der Waals surface area (Å²) in [6.45, 7) is 2.48. The van der Waals surface area contributed by atoms with Crippen molar-refractivity contribution in [1.82, 2.24) is 0 Å². The molecule has 1 aromatic carbocycles. The van der Waals surface area contributed by atoms with E-state index in [1.54, 1.807) is 0 Å². The van der Waals surface area contributed by atoms with Crippen LogP contribution in [0.5, 0.6) is 0 Å². The lowest BCUT2D eigenvalue weighted by atomic mass is 10.0. The van der Waals surface area contributed by atoms with Crippen molar-refractivity contribution in [3.8, 4) is 6.07 Å². The second kappa shape index (κ2) is 21.6. The standard InChI is InChI=1S/C28H47FNO6P/c1-2-3-4-5-6-7-8-9-10-11-12-13-14-15-16-17-34-23-28(24-36-37(31,32)33)35-22-26-18-25(21-30)19-27(29)20-26/h18-20,28H,2-17,22-24H2,1H3,(H2,31,32,33)/t28-/m1/s1. The largest absolute Gasteiger partial charge is 0.469 e. The molecule has 0 radical (unpaired) electrons. The van der Waals surface area contributed by atoms with Crippen LogP contribution in [0.4, 0.5) is 4.39 Å². The number of ether oxygens (including phenoxy) is 2. The van der Waals surface area contributed by atoms with E-state index in [9.17, 15) is 8.96 Å². The number of halogens is 1. The van der Waals surface area contributed by atoms with E-state index in [1.807, 2.05) is 6.07 Å². The minimum absolute atomic E-state index is 0.0378. The maximum atomic E-state index is 13.6. The predicted octanol–water partition coefficient (Wildman–Crippen LogP) is 7.58. The molecular formula is C28H47FNO6P. The number of hydrogen-bond donors (Lipinski definition) is 2. The molecule has 0 aromatic heterocycles. The predicted molar refractivity (Wildman–Crippen MR) is 143 cm³/mol. The van der Waals surface area contributed by atoms with Crippen molar-refractivity contribution in [3.63, 3.8) is 0 Å². The summed E-state index contributed by atoms with van der Waals surface area (Å²) in [6, 6.07) is 5.75. The van der Waals surface area contributed by atoms with E-state index in [2.05, 4.69) is 11.4 Å². The van der Waals surface area contributed by atoms with Crippen LogP contribution in [0.3, 0.4) is 0 Å². The third-order valence-electron chi connectivity index (χ3n) is 6.20. The van der Waals surface area contributed by atoms with Crippen molar-refractivity contribution >= 4 is 7.82 Å². The van der Waals surface area contributed by atoms with E-state index in [4.69, 9.17) is 24.5 Å². The third kappa shape index (κ3) is 20.3. The van der Waals surface area contributed by atoms with Gasteiger partial charge in [-0.3, -0.25) is 4.52 Å². The van der Waals surface area contributed by atoms with Gasteiger partial charge in [-0.25, -0.2) is 8.96 Å². The molecule has 0 heterocycles. The SMILES string of the molecule is CCCCCCCCCCCCCCCCCOC[C@H](COP(=O)(O)O)OCc1cc(F)cc(C#N)c1. The molecule has 0 fully saturated rings. The van der Waals surface area contributed by atoms with Crippen LogP contribution in [0.15, 0.2) is 18.2 Å². The second-order valence-electron chi connectivity index (χ2n) is 9.70. The smallest absolute Gasteiger partial charge is 0.379 e. The molecule has 0 aliphatic rings. The van der Waals surface area contributed by atoms with Crippen LogP contribution < -0.4 is 0 Å². The quantitative estimate of drug-likeness (QED) is 0.102. The number of hydrogen-bond acceptors (Lipinski definition) is 5. The van der Waals surface area contributed by atoms with E-state index >= 15 is 0 Å². The number of nitrogens with zero attached hydrogens (tertiary/aromatic N) is 1. The number of rotatable bonds is 24. The van der Waals surface area contributed by atoms with Crippen molar-refractivity contribution in [2.75, 3.05) is 19.8 Å². The Balaban J connectivity index is 2.12. The Hall–Kier alpha value is -1.33. The van der Waals surface area contributed by atoms with Crippen LogP contribution in [0.2, 0.25) is 0 Å². The highest BCUT2D eigenvalue weighted by atomic mass is 31.2. The maximum absolute atomic E-state index is 13.6. The molecule has 212 valence electrons. The molecule has 2 N–H and O–H groups in total. The second-order valence-corrected chi connectivity index (χ2v) is 10.9. The van der Waals surface area contributed by atoms with Crippen LogP contribution in [-0.2, 0) is 25.2 Å². The molecule has 0 aliphatic heterocycles. The molecule has 9 heteroatoms. The zero-order valence-corrected chi connectivity index (χ0v) is 23.4. The minimum Gasteiger partial charge on any atom is -0.379 e. The van der Waals surface area contributed by atoms with E-state index in [0.29, 0.717) is 12.2 Å². The Morgan fingerprint density at radius 1 is 0.865 bits per heavy atom. The van der Waals surface area contributed by atoms with Crippen molar-refractivity contribution in [1.29, 1.82) is 5.26 Å². The Morgan fingerprint density at radius 2 is 1.41 bits per heavy atom. The third-order valence-corrected chi connectivity index (χ3v) is 6.68. The van der Waals surface area contributed by atoms with Gasteiger partial charge in [-0.05, 0) is 30.2 Å². The van der Waals surface area contributed by atoms with Gasteiger partial charge in [-0.1, -0.05) is 96.8 Å². The number of nitriles is 1. The number of phosphoric ester groups is 1. The van der Waals surface area contributed by atoms with Crippen molar-refractivity contribution in [3.05, 3.63) is 35.1 Å². The summed E-state index contributed by atoms with van der Waals surface area (Å²) in [7, 11) is -4.65. The fourth-order valence-corrected chi connectivity index (χ4v) is 4.49. The van der Waals surface area contributed by atoms with Gasteiger partial charge < -0.3 is 19.3 Å². The first-order chi connectivity index (χ1) is 17.8. The Bertz CT molecular complexity index is 797. The summed E-state index contributed by atoms with van der Waals surface area (Å²) in [6.07, 6.45) is 18.5. The summed E-state index contributed by atoms with van der Waals surface area (Å²) in [5.41, 5.74) is 0.617. The molecule has 0 saturated heterocycles. The summed E-state index contributed by atoms with van der Waals surface area (Å²) < 4.78 is 40.5. The first kappa shape index (κ1) is 33.7. The van der Waals surface area contributed by atoms with Gasteiger partial charge in [0.05, 0.1) is 31.5 Å². The van der Waals surface area contributed by atoms with Crippen LogP contribution in [0.1, 0.15) is 114 Å². The minimum atomic E-state index is -4.65. The molecule has 1 rings (SSSR count). The molecule has 0 amide bonds. The average Bonchev–Trinajstić information content (AvgIpc) is 2.86. The van der Waals surface area contributed by atoms with Gasteiger partial charge >= 0.3 is 7.82 Å². The first-order valence-electron chi connectivity index (χ1n) is 13.9. The Labute approximate surface area is 222 Å². The van der Waals surface area contributed by atoms with Gasteiger partial charge in [0.15, 0.2) is 0 Å².